The highest BCUT2D eigenvalue weighted by Gasteiger charge is 2.16. The van der Waals surface area contributed by atoms with Crippen molar-refractivity contribution in [2.24, 2.45) is 4.99 Å². The second-order valence-electron chi connectivity index (χ2n) is 5.38. The number of anilines is 1. The zero-order valence-electron chi connectivity index (χ0n) is 13.9. The van der Waals surface area contributed by atoms with Gasteiger partial charge in [-0.1, -0.05) is 19.1 Å². The van der Waals surface area contributed by atoms with Gasteiger partial charge in [0, 0.05) is 18.2 Å². The van der Waals surface area contributed by atoms with E-state index < -0.39 is 10.0 Å². The molecule has 0 spiro atoms. The summed E-state index contributed by atoms with van der Waals surface area (Å²) < 4.78 is 27.0. The molecule has 3 N–H and O–H groups in total. The third-order valence-electron chi connectivity index (χ3n) is 3.53. The summed E-state index contributed by atoms with van der Waals surface area (Å²) in [5.41, 5.74) is 1.13. The molecule has 3 aromatic rings. The minimum absolute atomic E-state index is 0.00324. The molecule has 0 saturated carbocycles. The van der Waals surface area contributed by atoms with Crippen molar-refractivity contribution in [1.82, 2.24) is 15.2 Å². The van der Waals surface area contributed by atoms with Crippen molar-refractivity contribution in [2.45, 2.75) is 18.2 Å². The highest BCUT2D eigenvalue weighted by molar-refractivity contribution is 7.92. The molecular formula is C17H17N5O3S. The van der Waals surface area contributed by atoms with E-state index in [1.165, 1.54) is 18.3 Å². The minimum Gasteiger partial charge on any atom is -0.507 e. The Balaban J connectivity index is 1.75. The first kappa shape index (κ1) is 17.6. The van der Waals surface area contributed by atoms with Crippen molar-refractivity contribution >= 4 is 27.9 Å². The monoisotopic (exact) mass is 371 g/mol. The largest absolute Gasteiger partial charge is 0.507 e. The van der Waals surface area contributed by atoms with Gasteiger partial charge in [0.2, 0.25) is 0 Å². The van der Waals surface area contributed by atoms with Crippen LogP contribution in [0.25, 0.3) is 0 Å². The number of aromatic nitrogens is 3. The number of hydrogen-bond acceptors (Lipinski definition) is 6. The third kappa shape index (κ3) is 4.06. The lowest BCUT2D eigenvalue weighted by Crippen LogP contribution is -2.13. The Kier molecular flexibility index (Phi) is 4.99. The molecule has 134 valence electrons. The lowest BCUT2D eigenvalue weighted by Gasteiger charge is -2.04. The lowest BCUT2D eigenvalue weighted by atomic mass is 10.2. The van der Waals surface area contributed by atoms with Crippen LogP contribution in [0.4, 0.5) is 11.6 Å². The molecule has 0 atom stereocenters. The highest BCUT2D eigenvalue weighted by Crippen LogP contribution is 2.20. The first-order valence-corrected chi connectivity index (χ1v) is 9.32. The summed E-state index contributed by atoms with van der Waals surface area (Å²) in [6, 6.07) is 12.8. The summed E-state index contributed by atoms with van der Waals surface area (Å²) in [5.74, 6) is 0.720. The number of para-hydroxylation sites is 1. The Hall–Kier alpha value is -3.20. The van der Waals surface area contributed by atoms with E-state index in [1.807, 2.05) is 6.92 Å². The molecule has 0 unspecified atom stereocenters. The number of aryl methyl sites for hydroxylation is 1. The minimum atomic E-state index is -3.79. The molecule has 8 nitrogen and oxygen atoms in total. The van der Waals surface area contributed by atoms with E-state index in [2.05, 4.69) is 24.9 Å². The molecule has 2 aromatic carbocycles. The zero-order valence-corrected chi connectivity index (χ0v) is 14.7. The number of hydrogen-bond donors (Lipinski definition) is 3. The van der Waals surface area contributed by atoms with Crippen LogP contribution in [0, 0.1) is 0 Å². The maximum Gasteiger partial charge on any atom is 0.264 e. The average Bonchev–Trinajstić information content (AvgIpc) is 3.08. The molecule has 0 radical (unpaired) electrons. The van der Waals surface area contributed by atoms with Crippen LogP contribution in [0.2, 0.25) is 0 Å². The number of phenols is 1. The van der Waals surface area contributed by atoms with Crippen LogP contribution in [-0.2, 0) is 16.4 Å². The summed E-state index contributed by atoms with van der Waals surface area (Å²) in [6.07, 6.45) is 2.13. The molecule has 0 saturated heterocycles. The topological polar surface area (TPSA) is 120 Å². The van der Waals surface area contributed by atoms with Crippen LogP contribution in [0.3, 0.4) is 0 Å². The van der Waals surface area contributed by atoms with E-state index >= 15 is 0 Å². The van der Waals surface area contributed by atoms with E-state index in [1.54, 1.807) is 36.4 Å². The number of sulfonamides is 1. The molecule has 0 aliphatic carbocycles. The number of phenolic OH excluding ortho intramolecular Hbond substituents is 1. The maximum absolute atomic E-state index is 12.4. The van der Waals surface area contributed by atoms with Gasteiger partial charge < -0.3 is 5.11 Å². The molecule has 0 fully saturated rings. The van der Waals surface area contributed by atoms with Crippen molar-refractivity contribution < 1.29 is 13.5 Å². The fourth-order valence-electron chi connectivity index (χ4n) is 2.13. The number of aromatic hydroxyl groups is 1. The van der Waals surface area contributed by atoms with Crippen molar-refractivity contribution in [3.63, 3.8) is 0 Å². The van der Waals surface area contributed by atoms with Crippen molar-refractivity contribution in [3.8, 4) is 5.75 Å². The fraction of sp³-hybridized carbons (Fsp3) is 0.118. The van der Waals surface area contributed by atoms with E-state index in [0.717, 1.165) is 0 Å². The van der Waals surface area contributed by atoms with Crippen LogP contribution in [0.1, 0.15) is 18.3 Å². The summed E-state index contributed by atoms with van der Waals surface area (Å²) in [4.78, 5) is 8.32. The predicted octanol–water partition coefficient (Wildman–Crippen LogP) is 2.62. The smallest absolute Gasteiger partial charge is 0.264 e. The van der Waals surface area contributed by atoms with Crippen LogP contribution < -0.4 is 4.72 Å². The van der Waals surface area contributed by atoms with Crippen LogP contribution >= 0.6 is 0 Å². The highest BCUT2D eigenvalue weighted by atomic mass is 32.2. The number of aliphatic imine (C=N–C) groups is 1. The molecule has 1 heterocycles. The van der Waals surface area contributed by atoms with Crippen molar-refractivity contribution in [1.29, 1.82) is 0 Å². The van der Waals surface area contributed by atoms with Gasteiger partial charge in [-0.3, -0.25) is 10.1 Å². The SMILES string of the molecule is CCc1nc(NS(=O)(=O)c2ccc(N=Cc3ccccc3O)cc2)n[nH]1. The Bertz CT molecular complexity index is 1030. The standard InChI is InChI=1S/C17H17N5O3S/c1-2-16-19-17(21-20-16)22-26(24,25)14-9-7-13(8-10-14)18-11-12-5-3-4-6-15(12)23/h3-11,23H,2H2,1H3,(H2,19,20,21,22). The van der Waals surface area contributed by atoms with E-state index in [9.17, 15) is 13.5 Å². The molecule has 0 aliphatic rings. The first-order chi connectivity index (χ1) is 12.5. The maximum atomic E-state index is 12.4. The summed E-state index contributed by atoms with van der Waals surface area (Å²) in [6.45, 7) is 1.88. The Morgan fingerprint density at radius 3 is 2.58 bits per heavy atom. The quantitative estimate of drug-likeness (QED) is 0.575. The van der Waals surface area contributed by atoms with Gasteiger partial charge in [-0.05, 0) is 36.4 Å². The summed E-state index contributed by atoms with van der Waals surface area (Å²) in [7, 11) is -3.79. The van der Waals surface area contributed by atoms with Gasteiger partial charge in [-0.2, -0.15) is 4.98 Å². The number of benzene rings is 2. The zero-order chi connectivity index (χ0) is 18.6. The number of nitrogens with one attached hydrogen (secondary N) is 2. The number of nitrogens with zero attached hydrogens (tertiary/aromatic N) is 3. The Labute approximate surface area is 150 Å². The molecule has 0 bridgehead atoms. The molecule has 3 rings (SSSR count). The lowest BCUT2D eigenvalue weighted by molar-refractivity contribution is 0.474. The summed E-state index contributed by atoms with van der Waals surface area (Å²) >= 11 is 0. The molecule has 0 aliphatic heterocycles. The van der Waals surface area contributed by atoms with Gasteiger partial charge >= 0.3 is 0 Å². The van der Waals surface area contributed by atoms with Crippen LogP contribution in [-0.4, -0.2) is 34.9 Å². The normalized spacial score (nSPS) is 11.7. The van der Waals surface area contributed by atoms with Gasteiger partial charge in [-0.25, -0.2) is 13.1 Å². The molecule has 1 aromatic heterocycles. The second kappa shape index (κ2) is 7.36. The van der Waals surface area contributed by atoms with E-state index in [4.69, 9.17) is 0 Å². The van der Waals surface area contributed by atoms with Crippen LogP contribution in [0.5, 0.6) is 5.75 Å². The second-order valence-corrected chi connectivity index (χ2v) is 7.06. The van der Waals surface area contributed by atoms with Crippen molar-refractivity contribution in [3.05, 3.63) is 59.9 Å². The van der Waals surface area contributed by atoms with Gasteiger partial charge in [0.15, 0.2) is 0 Å². The average molecular weight is 371 g/mol. The number of rotatable bonds is 6. The van der Waals surface area contributed by atoms with Gasteiger partial charge in [0.1, 0.15) is 11.6 Å². The fourth-order valence-corrected chi connectivity index (χ4v) is 3.07. The van der Waals surface area contributed by atoms with Gasteiger partial charge in [-0.15, -0.1) is 5.10 Å². The first-order valence-electron chi connectivity index (χ1n) is 7.84. The van der Waals surface area contributed by atoms with Crippen molar-refractivity contribution in [2.75, 3.05) is 4.72 Å². The van der Waals surface area contributed by atoms with Gasteiger partial charge in [0.25, 0.3) is 16.0 Å². The van der Waals surface area contributed by atoms with E-state index in [-0.39, 0.29) is 16.6 Å². The number of aromatic amines is 1. The Morgan fingerprint density at radius 1 is 1.19 bits per heavy atom. The van der Waals surface area contributed by atoms with E-state index in [0.29, 0.717) is 23.5 Å². The third-order valence-corrected chi connectivity index (χ3v) is 4.87. The van der Waals surface area contributed by atoms with Crippen LogP contribution in [0.15, 0.2) is 58.4 Å². The predicted molar refractivity (Wildman–Crippen MR) is 98.4 cm³/mol. The van der Waals surface area contributed by atoms with Gasteiger partial charge in [0.05, 0.1) is 10.6 Å². The molecule has 26 heavy (non-hydrogen) atoms. The number of H-pyrrole nitrogens is 1. The molecule has 0 amide bonds. The molecular weight excluding hydrogens is 354 g/mol. The summed E-state index contributed by atoms with van der Waals surface area (Å²) in [5, 5.41) is 16.2. The Morgan fingerprint density at radius 2 is 1.92 bits per heavy atom. The molecule has 9 heteroatoms.